The zero-order valence-corrected chi connectivity index (χ0v) is 7.62. The molecule has 1 unspecified atom stereocenters. The van der Waals surface area contributed by atoms with Crippen molar-refractivity contribution in [3.8, 4) is 0 Å². The second-order valence-corrected chi connectivity index (χ2v) is 2.50. The van der Waals surface area contributed by atoms with E-state index in [0.29, 0.717) is 12.6 Å². The van der Waals surface area contributed by atoms with E-state index in [9.17, 15) is 0 Å². The van der Waals surface area contributed by atoms with Crippen molar-refractivity contribution in [2.24, 2.45) is 5.73 Å². The lowest BCUT2D eigenvalue weighted by Gasteiger charge is -2.22. The average molecular weight is 154 g/mol. The fraction of sp³-hybridized carbons (Fsp3) is 0.556. The van der Waals surface area contributed by atoms with Gasteiger partial charge < -0.3 is 10.6 Å². The van der Waals surface area contributed by atoms with Crippen LogP contribution in [0.1, 0.15) is 20.8 Å². The fourth-order valence-electron chi connectivity index (χ4n) is 0.810. The molecule has 0 saturated carbocycles. The first kappa shape index (κ1) is 10.2. The maximum Gasteiger partial charge on any atom is 0.0424 e. The Morgan fingerprint density at radius 1 is 1.27 bits per heavy atom. The van der Waals surface area contributed by atoms with Gasteiger partial charge in [-0.2, -0.15) is 0 Å². The summed E-state index contributed by atoms with van der Waals surface area (Å²) in [4.78, 5) is 2.10. The van der Waals surface area contributed by atoms with Gasteiger partial charge in [0.15, 0.2) is 0 Å². The molecule has 0 fully saturated rings. The summed E-state index contributed by atoms with van der Waals surface area (Å²) in [6.45, 7) is 6.77. The molecule has 0 amide bonds. The molecule has 0 aromatic carbocycles. The first-order chi connectivity index (χ1) is 5.26. The van der Waals surface area contributed by atoms with Crippen LogP contribution in [0.3, 0.4) is 0 Å². The molecule has 0 aliphatic rings. The van der Waals surface area contributed by atoms with E-state index in [1.807, 2.05) is 38.4 Å². The average Bonchev–Trinajstić information content (AvgIpc) is 2.03. The van der Waals surface area contributed by atoms with Crippen molar-refractivity contribution in [3.63, 3.8) is 0 Å². The third-order valence-corrected chi connectivity index (χ3v) is 1.49. The molecule has 0 radical (unpaired) electrons. The quantitative estimate of drug-likeness (QED) is 0.668. The number of hydrogen-bond donors (Lipinski definition) is 1. The number of hydrogen-bond acceptors (Lipinski definition) is 2. The smallest absolute Gasteiger partial charge is 0.0424 e. The van der Waals surface area contributed by atoms with Gasteiger partial charge in [0.1, 0.15) is 0 Å². The molecule has 0 aromatic heterocycles. The Kier molecular flexibility index (Phi) is 5.57. The highest BCUT2D eigenvalue weighted by Gasteiger charge is 2.02. The molecule has 0 spiro atoms. The second kappa shape index (κ2) is 5.98. The highest BCUT2D eigenvalue weighted by atomic mass is 15.1. The largest absolute Gasteiger partial charge is 0.351 e. The molecule has 2 nitrogen and oxygen atoms in total. The van der Waals surface area contributed by atoms with E-state index in [2.05, 4.69) is 11.8 Å². The van der Waals surface area contributed by atoms with E-state index >= 15 is 0 Å². The minimum absolute atomic E-state index is 0.377. The Labute approximate surface area is 69.4 Å². The van der Waals surface area contributed by atoms with Crippen LogP contribution in [0.4, 0.5) is 0 Å². The summed E-state index contributed by atoms with van der Waals surface area (Å²) in [6, 6.07) is 0.377. The van der Waals surface area contributed by atoms with Crippen LogP contribution in [0.15, 0.2) is 24.6 Å². The summed E-state index contributed by atoms with van der Waals surface area (Å²) >= 11 is 0. The predicted octanol–water partition coefficient (Wildman–Crippen LogP) is 1.70. The molecule has 2 N–H and O–H groups in total. The molecule has 0 aliphatic carbocycles. The van der Waals surface area contributed by atoms with E-state index in [-0.39, 0.29) is 0 Å². The number of allylic oxidation sites excluding steroid dienone is 2. The van der Waals surface area contributed by atoms with Crippen LogP contribution in [-0.4, -0.2) is 17.5 Å². The van der Waals surface area contributed by atoms with Crippen molar-refractivity contribution in [2.45, 2.75) is 26.8 Å². The van der Waals surface area contributed by atoms with Crippen molar-refractivity contribution in [3.05, 3.63) is 24.6 Å². The summed E-state index contributed by atoms with van der Waals surface area (Å²) in [5.74, 6) is 0. The molecular formula is C9H18N2. The molecule has 11 heavy (non-hydrogen) atoms. The highest BCUT2D eigenvalue weighted by molar-refractivity contribution is 4.92. The van der Waals surface area contributed by atoms with Crippen LogP contribution in [0.2, 0.25) is 0 Å². The van der Waals surface area contributed by atoms with E-state index in [0.717, 1.165) is 0 Å². The third-order valence-electron chi connectivity index (χ3n) is 1.49. The fourth-order valence-corrected chi connectivity index (χ4v) is 0.810. The topological polar surface area (TPSA) is 29.3 Å². The van der Waals surface area contributed by atoms with E-state index in [1.165, 1.54) is 0 Å². The van der Waals surface area contributed by atoms with Crippen LogP contribution in [0, 0.1) is 0 Å². The Bertz CT molecular complexity index is 126. The van der Waals surface area contributed by atoms with Gasteiger partial charge in [0.25, 0.3) is 0 Å². The predicted molar refractivity (Wildman–Crippen MR) is 50.0 cm³/mol. The summed E-state index contributed by atoms with van der Waals surface area (Å²) in [7, 11) is 0. The van der Waals surface area contributed by atoms with Gasteiger partial charge in [-0.1, -0.05) is 12.2 Å². The van der Waals surface area contributed by atoms with E-state index in [4.69, 9.17) is 5.73 Å². The summed E-state index contributed by atoms with van der Waals surface area (Å²) in [6.07, 6.45) is 8.06. The summed E-state index contributed by atoms with van der Waals surface area (Å²) in [5.41, 5.74) is 5.52. The third kappa shape index (κ3) is 3.83. The Hall–Kier alpha value is -0.760. The van der Waals surface area contributed by atoms with Gasteiger partial charge in [-0.25, -0.2) is 0 Å². The lowest BCUT2D eigenvalue weighted by Crippen LogP contribution is -2.30. The van der Waals surface area contributed by atoms with E-state index < -0.39 is 0 Å². The molecular weight excluding hydrogens is 136 g/mol. The normalized spacial score (nSPS) is 14.5. The molecule has 0 aromatic rings. The van der Waals surface area contributed by atoms with Crippen LogP contribution < -0.4 is 5.73 Å². The van der Waals surface area contributed by atoms with Crippen molar-refractivity contribution in [1.82, 2.24) is 4.90 Å². The summed E-state index contributed by atoms with van der Waals surface area (Å²) < 4.78 is 0. The Morgan fingerprint density at radius 2 is 1.73 bits per heavy atom. The maximum absolute atomic E-state index is 5.52. The minimum Gasteiger partial charge on any atom is -0.351 e. The highest BCUT2D eigenvalue weighted by Crippen LogP contribution is 1.99. The summed E-state index contributed by atoms with van der Waals surface area (Å²) in [5, 5.41) is 0. The molecule has 0 heterocycles. The lowest BCUT2D eigenvalue weighted by molar-refractivity contribution is 0.396. The van der Waals surface area contributed by atoms with Crippen LogP contribution in [0.25, 0.3) is 0 Å². The Balaban J connectivity index is 4.08. The molecule has 64 valence electrons. The molecule has 1 atom stereocenters. The molecule has 0 saturated heterocycles. The SMILES string of the molecule is CC=CN(C=CC)C(C)CN. The number of rotatable bonds is 4. The van der Waals surface area contributed by atoms with Crippen molar-refractivity contribution in [2.75, 3.05) is 6.54 Å². The minimum atomic E-state index is 0.377. The van der Waals surface area contributed by atoms with Gasteiger partial charge in [-0.15, -0.1) is 0 Å². The zero-order valence-electron chi connectivity index (χ0n) is 7.62. The second-order valence-electron chi connectivity index (χ2n) is 2.50. The van der Waals surface area contributed by atoms with Gasteiger partial charge in [0.05, 0.1) is 0 Å². The van der Waals surface area contributed by atoms with Crippen LogP contribution in [-0.2, 0) is 0 Å². The van der Waals surface area contributed by atoms with Gasteiger partial charge in [0, 0.05) is 12.6 Å². The van der Waals surface area contributed by atoms with Gasteiger partial charge >= 0.3 is 0 Å². The van der Waals surface area contributed by atoms with Crippen molar-refractivity contribution < 1.29 is 0 Å². The zero-order chi connectivity index (χ0) is 8.69. The van der Waals surface area contributed by atoms with Crippen molar-refractivity contribution in [1.29, 1.82) is 0 Å². The molecule has 0 bridgehead atoms. The monoisotopic (exact) mass is 154 g/mol. The number of nitrogens with two attached hydrogens (primary N) is 1. The van der Waals surface area contributed by atoms with Crippen LogP contribution >= 0.6 is 0 Å². The first-order valence-corrected chi connectivity index (χ1v) is 3.99. The molecule has 2 heteroatoms. The van der Waals surface area contributed by atoms with E-state index in [1.54, 1.807) is 0 Å². The number of nitrogens with zero attached hydrogens (tertiary/aromatic N) is 1. The van der Waals surface area contributed by atoms with Crippen LogP contribution in [0.5, 0.6) is 0 Å². The van der Waals surface area contributed by atoms with Crippen molar-refractivity contribution >= 4 is 0 Å². The first-order valence-electron chi connectivity index (χ1n) is 3.99. The maximum atomic E-state index is 5.52. The molecule has 0 rings (SSSR count). The Morgan fingerprint density at radius 3 is 2.00 bits per heavy atom. The lowest BCUT2D eigenvalue weighted by atomic mass is 10.3. The molecule has 0 aliphatic heterocycles. The van der Waals surface area contributed by atoms with Gasteiger partial charge in [0.2, 0.25) is 0 Å². The van der Waals surface area contributed by atoms with Gasteiger partial charge in [-0.3, -0.25) is 0 Å². The standard InChI is InChI=1S/C9H18N2/c1-4-6-11(7-5-2)9(3)8-10/h4-7,9H,8,10H2,1-3H3. The van der Waals surface area contributed by atoms with Gasteiger partial charge in [-0.05, 0) is 33.2 Å².